The lowest BCUT2D eigenvalue weighted by Gasteiger charge is -2.25. The van der Waals surface area contributed by atoms with Gasteiger partial charge in [-0.05, 0) is 24.3 Å². The zero-order valence-corrected chi connectivity index (χ0v) is 14.8. The molecule has 0 unspecified atom stereocenters. The number of rotatable bonds is 3. The minimum atomic E-state index is -4.46. The number of hydrogen-bond donors (Lipinski definition) is 2. The molecular formula is C18H14F3N5O3. The number of halogens is 3. The van der Waals surface area contributed by atoms with Gasteiger partial charge in [0.05, 0.1) is 17.7 Å². The quantitative estimate of drug-likeness (QED) is 0.695. The van der Waals surface area contributed by atoms with E-state index in [1.54, 1.807) is 0 Å². The average molecular weight is 405 g/mol. The molecular weight excluding hydrogens is 391 g/mol. The number of H-pyrrole nitrogens is 1. The molecule has 0 spiro atoms. The van der Waals surface area contributed by atoms with Crippen molar-refractivity contribution in [1.29, 1.82) is 0 Å². The van der Waals surface area contributed by atoms with Crippen LogP contribution in [-0.2, 0) is 19.1 Å². The Morgan fingerprint density at radius 1 is 1.24 bits per heavy atom. The lowest BCUT2D eigenvalue weighted by molar-refractivity contribution is -0.137. The van der Waals surface area contributed by atoms with Gasteiger partial charge in [-0.2, -0.15) is 18.3 Å². The van der Waals surface area contributed by atoms with Crippen molar-refractivity contribution < 1.29 is 22.5 Å². The molecule has 0 aliphatic carbocycles. The second kappa shape index (κ2) is 7.08. The molecule has 1 aliphatic rings. The van der Waals surface area contributed by atoms with Gasteiger partial charge in [-0.3, -0.25) is 9.59 Å². The van der Waals surface area contributed by atoms with E-state index in [-0.39, 0.29) is 23.7 Å². The van der Waals surface area contributed by atoms with Gasteiger partial charge in [0.2, 0.25) is 0 Å². The number of hydrogen-bond acceptors (Lipinski definition) is 6. The van der Waals surface area contributed by atoms with Crippen LogP contribution in [0, 0.1) is 0 Å². The summed E-state index contributed by atoms with van der Waals surface area (Å²) in [6.07, 6.45) is -4.07. The number of carbonyl (C=O) groups excluding carboxylic acids is 1. The highest BCUT2D eigenvalue weighted by molar-refractivity contribution is 5.92. The first-order chi connectivity index (χ1) is 13.8. The van der Waals surface area contributed by atoms with E-state index in [4.69, 9.17) is 4.52 Å². The molecule has 0 atom stereocenters. The van der Waals surface area contributed by atoms with Crippen molar-refractivity contribution in [2.24, 2.45) is 0 Å². The Labute approximate surface area is 161 Å². The predicted octanol–water partition coefficient (Wildman–Crippen LogP) is 2.72. The molecule has 0 saturated heterocycles. The number of alkyl halides is 3. The SMILES string of the molecule is O=C(c1ccc(=O)[nH]n1)N1CCc2onc(Nc3cccc(C(F)(F)F)c3)c2C1. The maximum atomic E-state index is 12.9. The molecule has 2 aromatic heterocycles. The fourth-order valence-corrected chi connectivity index (χ4v) is 3.02. The second-order valence-electron chi connectivity index (χ2n) is 6.42. The number of benzene rings is 1. The van der Waals surface area contributed by atoms with Crippen LogP contribution in [0.3, 0.4) is 0 Å². The van der Waals surface area contributed by atoms with Crippen LogP contribution < -0.4 is 10.9 Å². The number of amides is 1. The molecule has 2 N–H and O–H groups in total. The Morgan fingerprint density at radius 2 is 2.07 bits per heavy atom. The minimum absolute atomic E-state index is 0.0805. The van der Waals surface area contributed by atoms with E-state index in [0.29, 0.717) is 24.3 Å². The third kappa shape index (κ3) is 3.84. The zero-order chi connectivity index (χ0) is 20.6. The Morgan fingerprint density at radius 3 is 2.79 bits per heavy atom. The number of anilines is 2. The van der Waals surface area contributed by atoms with E-state index < -0.39 is 23.2 Å². The number of aromatic amines is 1. The van der Waals surface area contributed by atoms with Crippen LogP contribution in [0.15, 0.2) is 45.7 Å². The molecule has 1 amide bonds. The Bertz CT molecular complexity index is 1100. The van der Waals surface area contributed by atoms with Gasteiger partial charge in [-0.15, -0.1) is 0 Å². The Kier molecular flexibility index (Phi) is 4.57. The molecule has 150 valence electrons. The molecule has 1 aromatic carbocycles. The predicted molar refractivity (Wildman–Crippen MR) is 94.5 cm³/mol. The molecule has 0 saturated carbocycles. The first-order valence-corrected chi connectivity index (χ1v) is 8.58. The first-order valence-electron chi connectivity index (χ1n) is 8.58. The van der Waals surface area contributed by atoms with E-state index in [0.717, 1.165) is 12.1 Å². The zero-order valence-electron chi connectivity index (χ0n) is 14.8. The molecule has 4 rings (SSSR count). The van der Waals surface area contributed by atoms with Gasteiger partial charge in [-0.1, -0.05) is 11.2 Å². The maximum Gasteiger partial charge on any atom is 0.416 e. The average Bonchev–Trinajstić information content (AvgIpc) is 3.09. The van der Waals surface area contributed by atoms with Crippen molar-refractivity contribution in [3.63, 3.8) is 0 Å². The van der Waals surface area contributed by atoms with E-state index in [1.165, 1.54) is 29.2 Å². The van der Waals surface area contributed by atoms with Gasteiger partial charge in [-0.25, -0.2) is 5.10 Å². The van der Waals surface area contributed by atoms with E-state index in [2.05, 4.69) is 20.7 Å². The summed E-state index contributed by atoms with van der Waals surface area (Å²) in [5.74, 6) is 0.405. The van der Waals surface area contributed by atoms with Crippen molar-refractivity contribution in [3.05, 3.63) is 69.3 Å². The highest BCUT2D eigenvalue weighted by atomic mass is 19.4. The van der Waals surface area contributed by atoms with Crippen LogP contribution in [0.25, 0.3) is 0 Å². The molecule has 8 nitrogen and oxygen atoms in total. The smallest absolute Gasteiger partial charge is 0.359 e. The largest absolute Gasteiger partial charge is 0.416 e. The van der Waals surface area contributed by atoms with Gasteiger partial charge >= 0.3 is 6.18 Å². The minimum Gasteiger partial charge on any atom is -0.359 e. The van der Waals surface area contributed by atoms with Gasteiger partial charge in [0.15, 0.2) is 5.82 Å². The molecule has 0 fully saturated rings. The highest BCUT2D eigenvalue weighted by Gasteiger charge is 2.31. The maximum absolute atomic E-state index is 12.9. The molecule has 0 radical (unpaired) electrons. The number of nitrogens with one attached hydrogen (secondary N) is 2. The van der Waals surface area contributed by atoms with E-state index >= 15 is 0 Å². The first kappa shape index (κ1) is 18.7. The lowest BCUT2D eigenvalue weighted by atomic mass is 10.1. The summed E-state index contributed by atoms with van der Waals surface area (Å²) in [5.41, 5.74) is -0.361. The lowest BCUT2D eigenvalue weighted by Crippen LogP contribution is -2.36. The summed E-state index contributed by atoms with van der Waals surface area (Å²) in [5, 5.41) is 12.7. The Balaban J connectivity index is 1.55. The standard InChI is InChI=1S/C18H14F3N5O3/c19-18(20,21)10-2-1-3-11(8-10)22-16-12-9-26(7-6-14(12)29-25-16)17(28)13-4-5-15(27)24-23-13/h1-5,8H,6-7,9H2,(H,22,25)(H,24,27). The van der Waals surface area contributed by atoms with Crippen LogP contribution in [0.1, 0.15) is 27.4 Å². The topological polar surface area (TPSA) is 104 Å². The summed E-state index contributed by atoms with van der Waals surface area (Å²) in [6.45, 7) is 0.491. The van der Waals surface area contributed by atoms with Crippen LogP contribution in [0.2, 0.25) is 0 Å². The van der Waals surface area contributed by atoms with E-state index in [9.17, 15) is 22.8 Å². The van der Waals surface area contributed by atoms with Crippen LogP contribution >= 0.6 is 0 Å². The number of nitrogens with zero attached hydrogens (tertiary/aromatic N) is 3. The van der Waals surface area contributed by atoms with Crippen molar-refractivity contribution in [2.45, 2.75) is 19.1 Å². The third-order valence-corrected chi connectivity index (χ3v) is 4.47. The number of aromatic nitrogens is 3. The van der Waals surface area contributed by atoms with Gasteiger partial charge < -0.3 is 14.7 Å². The van der Waals surface area contributed by atoms with Crippen molar-refractivity contribution in [2.75, 3.05) is 11.9 Å². The summed E-state index contributed by atoms with van der Waals surface area (Å²) in [6, 6.07) is 7.24. The monoisotopic (exact) mass is 405 g/mol. The fraction of sp³-hybridized carbons (Fsp3) is 0.222. The molecule has 0 bridgehead atoms. The molecule has 11 heteroatoms. The summed E-state index contributed by atoms with van der Waals surface area (Å²) in [4.78, 5) is 25.2. The van der Waals surface area contributed by atoms with Crippen molar-refractivity contribution in [1.82, 2.24) is 20.3 Å². The van der Waals surface area contributed by atoms with Gasteiger partial charge in [0, 0.05) is 24.7 Å². The van der Waals surface area contributed by atoms with E-state index in [1.807, 2.05) is 0 Å². The highest BCUT2D eigenvalue weighted by Crippen LogP contribution is 2.33. The summed E-state index contributed by atoms with van der Waals surface area (Å²) < 4.78 is 44.0. The van der Waals surface area contributed by atoms with Crippen LogP contribution in [0.4, 0.5) is 24.7 Å². The van der Waals surface area contributed by atoms with Crippen molar-refractivity contribution in [3.8, 4) is 0 Å². The second-order valence-corrected chi connectivity index (χ2v) is 6.42. The Hall–Kier alpha value is -3.63. The molecule has 29 heavy (non-hydrogen) atoms. The third-order valence-electron chi connectivity index (χ3n) is 4.47. The number of fused-ring (bicyclic) bond motifs is 1. The fourth-order valence-electron chi connectivity index (χ4n) is 3.02. The van der Waals surface area contributed by atoms with Gasteiger partial charge in [0.1, 0.15) is 11.5 Å². The van der Waals surface area contributed by atoms with Gasteiger partial charge in [0.25, 0.3) is 11.5 Å². The summed E-state index contributed by atoms with van der Waals surface area (Å²) in [7, 11) is 0. The van der Waals surface area contributed by atoms with Crippen LogP contribution in [-0.4, -0.2) is 32.7 Å². The normalized spacial score (nSPS) is 13.8. The van der Waals surface area contributed by atoms with Crippen molar-refractivity contribution >= 4 is 17.4 Å². The van der Waals surface area contributed by atoms with Crippen LogP contribution in [0.5, 0.6) is 0 Å². The molecule has 3 heterocycles. The molecule has 1 aliphatic heterocycles. The summed E-state index contributed by atoms with van der Waals surface area (Å²) >= 11 is 0. The molecule has 3 aromatic rings. The number of carbonyl (C=O) groups is 1.